The van der Waals surface area contributed by atoms with E-state index in [-0.39, 0.29) is 34.1 Å². The molecule has 0 spiro atoms. The van der Waals surface area contributed by atoms with E-state index in [0.717, 1.165) is 0 Å². The van der Waals surface area contributed by atoms with Gasteiger partial charge in [0.05, 0.1) is 22.0 Å². The number of aromatic nitrogens is 2. The predicted octanol–water partition coefficient (Wildman–Crippen LogP) is 4.61. The third-order valence-electron chi connectivity index (χ3n) is 4.12. The predicted molar refractivity (Wildman–Crippen MR) is 126 cm³/mol. The molecule has 0 saturated carbocycles. The number of nitrogens with two attached hydrogens (primary N) is 1. The standard InChI is InChI=1S/C22H25Cl2N5O2/c1-6-7-8-17(24)20(25)29-18(10-14(5)28-29)22(31)27-19-13(4)9-15(23)11-16(19)21(30)26-12(2)3/h6-12H,1,25H2,2-5H3,(H,26,30)(H,27,31)/b8-7-,20-17-. The second kappa shape index (κ2) is 10.3. The molecule has 2 amide bonds. The van der Waals surface area contributed by atoms with Crippen molar-refractivity contribution in [2.24, 2.45) is 5.73 Å². The molecule has 0 fully saturated rings. The van der Waals surface area contributed by atoms with Crippen molar-refractivity contribution in [1.82, 2.24) is 15.1 Å². The molecule has 164 valence electrons. The number of amides is 2. The summed E-state index contributed by atoms with van der Waals surface area (Å²) in [6, 6.07) is 4.66. The Kier molecular flexibility index (Phi) is 8.08. The lowest BCUT2D eigenvalue weighted by Crippen LogP contribution is -2.31. The van der Waals surface area contributed by atoms with Gasteiger partial charge in [-0.05, 0) is 57.5 Å². The van der Waals surface area contributed by atoms with Gasteiger partial charge < -0.3 is 16.4 Å². The quantitative estimate of drug-likeness (QED) is 0.523. The molecular formula is C22H25Cl2N5O2. The van der Waals surface area contributed by atoms with Crippen LogP contribution in [0.25, 0.3) is 5.82 Å². The van der Waals surface area contributed by atoms with Crippen molar-refractivity contribution in [3.05, 3.63) is 75.6 Å². The first-order chi connectivity index (χ1) is 14.5. The smallest absolute Gasteiger partial charge is 0.274 e. The van der Waals surface area contributed by atoms with E-state index in [4.69, 9.17) is 28.9 Å². The van der Waals surface area contributed by atoms with Gasteiger partial charge in [-0.1, -0.05) is 41.9 Å². The van der Waals surface area contributed by atoms with Crippen LogP contribution in [0.15, 0.2) is 48.0 Å². The lowest BCUT2D eigenvalue weighted by atomic mass is 10.1. The Labute approximate surface area is 191 Å². The fourth-order valence-corrected chi connectivity index (χ4v) is 3.22. The molecule has 0 bridgehead atoms. The minimum Gasteiger partial charge on any atom is -0.382 e. The van der Waals surface area contributed by atoms with Crippen LogP contribution in [0.3, 0.4) is 0 Å². The lowest BCUT2D eigenvalue weighted by molar-refractivity contribution is 0.0944. The fourth-order valence-electron chi connectivity index (χ4n) is 2.79. The number of nitrogens with one attached hydrogen (secondary N) is 2. The molecular weight excluding hydrogens is 437 g/mol. The third kappa shape index (κ3) is 5.99. The number of nitrogens with zero attached hydrogens (tertiary/aromatic N) is 2. The highest BCUT2D eigenvalue weighted by molar-refractivity contribution is 6.33. The second-order valence-corrected chi connectivity index (χ2v) is 7.98. The van der Waals surface area contributed by atoms with E-state index in [1.807, 2.05) is 13.8 Å². The molecule has 31 heavy (non-hydrogen) atoms. The maximum atomic E-state index is 13.1. The van der Waals surface area contributed by atoms with Crippen LogP contribution in [0, 0.1) is 13.8 Å². The van der Waals surface area contributed by atoms with Crippen molar-refractivity contribution in [1.29, 1.82) is 0 Å². The zero-order valence-corrected chi connectivity index (χ0v) is 19.3. The first kappa shape index (κ1) is 24.2. The van der Waals surface area contributed by atoms with Crippen molar-refractivity contribution in [2.75, 3.05) is 5.32 Å². The molecule has 0 saturated heterocycles. The Balaban J connectivity index is 2.49. The molecule has 0 unspecified atom stereocenters. The molecule has 4 N–H and O–H groups in total. The average molecular weight is 462 g/mol. The Morgan fingerprint density at radius 2 is 1.90 bits per heavy atom. The van der Waals surface area contributed by atoms with E-state index in [2.05, 4.69) is 22.3 Å². The maximum Gasteiger partial charge on any atom is 0.274 e. The van der Waals surface area contributed by atoms with Crippen molar-refractivity contribution in [2.45, 2.75) is 33.7 Å². The van der Waals surface area contributed by atoms with Gasteiger partial charge in [0.1, 0.15) is 11.5 Å². The zero-order valence-electron chi connectivity index (χ0n) is 17.8. The minimum atomic E-state index is -0.510. The Morgan fingerprint density at radius 3 is 2.52 bits per heavy atom. The SMILES string of the molecule is C=C/C=C\C(Cl)=C(/N)n1nc(C)cc1C(=O)Nc1c(C)cc(Cl)cc1C(=O)NC(C)C. The topological polar surface area (TPSA) is 102 Å². The summed E-state index contributed by atoms with van der Waals surface area (Å²) in [6.45, 7) is 10.7. The Morgan fingerprint density at radius 1 is 1.23 bits per heavy atom. The molecule has 0 radical (unpaired) electrons. The summed E-state index contributed by atoms with van der Waals surface area (Å²) in [5.41, 5.74) is 8.06. The summed E-state index contributed by atoms with van der Waals surface area (Å²) < 4.78 is 1.25. The van der Waals surface area contributed by atoms with Crippen LogP contribution in [0.4, 0.5) is 5.69 Å². The normalized spacial score (nSPS) is 12.1. The van der Waals surface area contributed by atoms with Crippen LogP contribution in [0.2, 0.25) is 5.02 Å². The van der Waals surface area contributed by atoms with Crippen molar-refractivity contribution >= 4 is 46.5 Å². The molecule has 0 aliphatic rings. The first-order valence-corrected chi connectivity index (χ1v) is 10.2. The van der Waals surface area contributed by atoms with Gasteiger partial charge in [-0.15, -0.1) is 0 Å². The number of halogens is 2. The summed E-state index contributed by atoms with van der Waals surface area (Å²) in [5, 5.41) is 10.4. The van der Waals surface area contributed by atoms with Gasteiger partial charge in [-0.25, -0.2) is 4.68 Å². The molecule has 0 aliphatic carbocycles. The highest BCUT2D eigenvalue weighted by Gasteiger charge is 2.22. The van der Waals surface area contributed by atoms with E-state index < -0.39 is 5.91 Å². The van der Waals surface area contributed by atoms with E-state index >= 15 is 0 Å². The molecule has 1 heterocycles. The van der Waals surface area contributed by atoms with Crippen LogP contribution in [0.1, 0.15) is 46.0 Å². The molecule has 2 aromatic rings. The summed E-state index contributed by atoms with van der Waals surface area (Å²) in [7, 11) is 0. The van der Waals surface area contributed by atoms with E-state index in [9.17, 15) is 9.59 Å². The molecule has 0 aliphatic heterocycles. The van der Waals surface area contributed by atoms with Crippen LogP contribution in [-0.4, -0.2) is 27.6 Å². The van der Waals surface area contributed by atoms with Gasteiger partial charge in [0.15, 0.2) is 0 Å². The highest BCUT2D eigenvalue weighted by atomic mass is 35.5. The number of hydrogen-bond acceptors (Lipinski definition) is 4. The molecule has 2 rings (SSSR count). The highest BCUT2D eigenvalue weighted by Crippen LogP contribution is 2.27. The number of aryl methyl sites for hydroxylation is 2. The number of benzene rings is 1. The summed E-state index contributed by atoms with van der Waals surface area (Å²) in [6.07, 6.45) is 4.70. The van der Waals surface area contributed by atoms with Gasteiger partial charge in [0, 0.05) is 11.1 Å². The Bertz CT molecular complexity index is 1080. The van der Waals surface area contributed by atoms with Crippen molar-refractivity contribution in [3.8, 4) is 0 Å². The summed E-state index contributed by atoms with van der Waals surface area (Å²) in [4.78, 5) is 25.8. The monoisotopic (exact) mass is 461 g/mol. The number of carbonyl (C=O) groups is 2. The maximum absolute atomic E-state index is 13.1. The molecule has 1 aromatic heterocycles. The third-order valence-corrected chi connectivity index (χ3v) is 4.66. The van der Waals surface area contributed by atoms with Crippen molar-refractivity contribution < 1.29 is 9.59 Å². The van der Waals surface area contributed by atoms with Gasteiger partial charge in [0.2, 0.25) is 0 Å². The van der Waals surface area contributed by atoms with E-state index in [1.54, 1.807) is 44.2 Å². The van der Waals surface area contributed by atoms with Gasteiger partial charge in [-0.3, -0.25) is 9.59 Å². The minimum absolute atomic E-state index is 0.0728. The average Bonchev–Trinajstić information content (AvgIpc) is 3.08. The molecule has 0 atom stereocenters. The molecule has 9 heteroatoms. The van der Waals surface area contributed by atoms with Crippen LogP contribution in [-0.2, 0) is 0 Å². The van der Waals surface area contributed by atoms with Gasteiger partial charge in [0.25, 0.3) is 11.8 Å². The number of carbonyl (C=O) groups excluding carboxylic acids is 2. The number of hydrogen-bond donors (Lipinski definition) is 3. The lowest BCUT2D eigenvalue weighted by Gasteiger charge is -2.16. The number of rotatable bonds is 7. The molecule has 1 aromatic carbocycles. The van der Waals surface area contributed by atoms with E-state index in [1.165, 1.54) is 10.7 Å². The summed E-state index contributed by atoms with van der Waals surface area (Å²) >= 11 is 12.4. The van der Waals surface area contributed by atoms with Crippen LogP contribution >= 0.6 is 23.2 Å². The van der Waals surface area contributed by atoms with Gasteiger partial charge >= 0.3 is 0 Å². The number of allylic oxidation sites excluding steroid dienone is 4. The molecule has 7 nitrogen and oxygen atoms in total. The first-order valence-electron chi connectivity index (χ1n) is 9.48. The second-order valence-electron chi connectivity index (χ2n) is 7.14. The van der Waals surface area contributed by atoms with Crippen LogP contribution in [0.5, 0.6) is 0 Å². The van der Waals surface area contributed by atoms with Crippen molar-refractivity contribution in [3.63, 3.8) is 0 Å². The summed E-state index contributed by atoms with van der Waals surface area (Å²) in [5.74, 6) is -0.786. The zero-order chi connectivity index (χ0) is 23.3. The van der Waals surface area contributed by atoms with E-state index in [0.29, 0.717) is 22.0 Å². The van der Waals surface area contributed by atoms with Crippen LogP contribution < -0.4 is 16.4 Å². The fraction of sp³-hybridized carbons (Fsp3) is 0.227. The van der Waals surface area contributed by atoms with Gasteiger partial charge in [-0.2, -0.15) is 5.10 Å². The largest absolute Gasteiger partial charge is 0.382 e. The number of anilines is 1. The Hall–Kier alpha value is -3.03.